The molecule has 26 heavy (non-hydrogen) atoms. The van der Waals surface area contributed by atoms with Crippen molar-refractivity contribution in [3.8, 4) is 0 Å². The first-order valence-electron chi connectivity index (χ1n) is 7.99. The van der Waals surface area contributed by atoms with Crippen LogP contribution < -0.4 is 4.90 Å². The van der Waals surface area contributed by atoms with Gasteiger partial charge in [0.1, 0.15) is 4.99 Å². The Morgan fingerprint density at radius 2 is 1.27 bits per heavy atom. The highest BCUT2D eigenvalue weighted by Gasteiger charge is 2.21. The number of hydrogen-bond acceptors (Lipinski definition) is 6. The fourth-order valence-corrected chi connectivity index (χ4v) is 3.18. The van der Waals surface area contributed by atoms with Crippen LogP contribution in [0.2, 0.25) is 0 Å². The van der Waals surface area contributed by atoms with Gasteiger partial charge in [0.25, 0.3) is 11.4 Å². The second-order valence-electron chi connectivity index (χ2n) is 5.86. The van der Waals surface area contributed by atoms with Gasteiger partial charge >= 0.3 is 0 Å². The highest BCUT2D eigenvalue weighted by Crippen LogP contribution is 2.21. The summed E-state index contributed by atoms with van der Waals surface area (Å²) in [7, 11) is 0. The number of rotatable bonds is 4. The molecule has 2 aromatic rings. The van der Waals surface area contributed by atoms with Gasteiger partial charge in [-0.15, -0.1) is 0 Å². The largest absolute Gasteiger partial charge is 0.368 e. The zero-order valence-corrected chi connectivity index (χ0v) is 14.6. The van der Waals surface area contributed by atoms with Gasteiger partial charge in [0.15, 0.2) is 0 Å². The van der Waals surface area contributed by atoms with Crippen molar-refractivity contribution in [1.82, 2.24) is 4.90 Å². The molecule has 0 aromatic heterocycles. The van der Waals surface area contributed by atoms with E-state index >= 15 is 0 Å². The zero-order chi connectivity index (χ0) is 18.7. The fourth-order valence-electron chi connectivity index (χ4n) is 2.86. The smallest absolute Gasteiger partial charge is 0.269 e. The molecule has 134 valence electrons. The minimum atomic E-state index is -0.435. The van der Waals surface area contributed by atoms with Crippen molar-refractivity contribution in [3.05, 3.63) is 74.3 Å². The molecule has 0 amide bonds. The first-order valence-corrected chi connectivity index (χ1v) is 8.39. The highest BCUT2D eigenvalue weighted by atomic mass is 32.1. The van der Waals surface area contributed by atoms with Crippen LogP contribution in [0.15, 0.2) is 48.5 Å². The summed E-state index contributed by atoms with van der Waals surface area (Å²) in [6.45, 7) is 2.91. The molecule has 0 unspecified atom stereocenters. The van der Waals surface area contributed by atoms with E-state index in [2.05, 4.69) is 9.80 Å². The molecule has 0 N–H and O–H groups in total. The number of nitro benzene ring substituents is 2. The summed E-state index contributed by atoms with van der Waals surface area (Å²) in [6.07, 6.45) is 0. The molecule has 1 heterocycles. The van der Waals surface area contributed by atoms with Crippen molar-refractivity contribution in [2.45, 2.75) is 0 Å². The van der Waals surface area contributed by atoms with Crippen molar-refractivity contribution >= 4 is 34.3 Å². The van der Waals surface area contributed by atoms with Gasteiger partial charge in [0.2, 0.25) is 0 Å². The molecule has 0 atom stereocenters. The molecule has 1 aliphatic rings. The second-order valence-corrected chi connectivity index (χ2v) is 6.24. The van der Waals surface area contributed by atoms with Crippen LogP contribution in [0.5, 0.6) is 0 Å². The fraction of sp³-hybridized carbons (Fsp3) is 0.235. The molecule has 1 fully saturated rings. The van der Waals surface area contributed by atoms with E-state index in [0.717, 1.165) is 24.3 Å². The minimum Gasteiger partial charge on any atom is -0.368 e. The third-order valence-electron chi connectivity index (χ3n) is 4.32. The molecule has 1 saturated heterocycles. The van der Waals surface area contributed by atoms with Crippen LogP contribution in [-0.2, 0) is 0 Å². The predicted molar refractivity (Wildman–Crippen MR) is 102 cm³/mol. The normalized spacial score (nSPS) is 14.2. The van der Waals surface area contributed by atoms with E-state index in [4.69, 9.17) is 12.2 Å². The van der Waals surface area contributed by atoms with Crippen LogP contribution in [-0.4, -0.2) is 45.9 Å². The van der Waals surface area contributed by atoms with E-state index in [1.165, 1.54) is 24.3 Å². The Morgan fingerprint density at radius 3 is 1.73 bits per heavy atom. The lowest BCUT2D eigenvalue weighted by molar-refractivity contribution is -0.385. The standard InChI is InChI=1S/C17H16N4O4S/c22-20(23)15-3-1-13(2-4-15)17(26)19-11-9-18(10-12-19)14-5-7-16(8-6-14)21(24)25/h1-8H,9-12H2. The van der Waals surface area contributed by atoms with Gasteiger partial charge in [-0.05, 0) is 24.3 Å². The maximum Gasteiger partial charge on any atom is 0.269 e. The lowest BCUT2D eigenvalue weighted by Gasteiger charge is -2.37. The summed E-state index contributed by atoms with van der Waals surface area (Å²) in [5, 5.41) is 21.5. The Labute approximate surface area is 154 Å². The Kier molecular flexibility index (Phi) is 5.08. The van der Waals surface area contributed by atoms with Gasteiger partial charge in [0, 0.05) is 61.7 Å². The van der Waals surface area contributed by atoms with Gasteiger partial charge in [-0.3, -0.25) is 20.2 Å². The van der Waals surface area contributed by atoms with Gasteiger partial charge < -0.3 is 9.80 Å². The maximum atomic E-state index is 10.7. The van der Waals surface area contributed by atoms with Crippen LogP contribution in [0.4, 0.5) is 17.1 Å². The number of thiocarbonyl (C=S) groups is 1. The van der Waals surface area contributed by atoms with Crippen molar-refractivity contribution < 1.29 is 9.85 Å². The summed E-state index contributed by atoms with van der Waals surface area (Å²) in [4.78, 5) is 25.5. The summed E-state index contributed by atoms with van der Waals surface area (Å²) in [6, 6.07) is 12.8. The number of piperazine rings is 1. The molecule has 3 rings (SSSR count). The summed E-state index contributed by atoms with van der Waals surface area (Å²) in [5.41, 5.74) is 1.84. The average molecular weight is 372 g/mol. The minimum absolute atomic E-state index is 0.0412. The summed E-state index contributed by atoms with van der Waals surface area (Å²) < 4.78 is 0. The molecule has 9 heteroatoms. The number of anilines is 1. The van der Waals surface area contributed by atoms with Crippen molar-refractivity contribution in [3.63, 3.8) is 0 Å². The van der Waals surface area contributed by atoms with Gasteiger partial charge in [0.05, 0.1) is 9.85 Å². The molecular formula is C17H16N4O4S. The van der Waals surface area contributed by atoms with Gasteiger partial charge in [-0.2, -0.15) is 0 Å². The van der Waals surface area contributed by atoms with E-state index in [0.29, 0.717) is 18.1 Å². The quantitative estimate of drug-likeness (QED) is 0.463. The van der Waals surface area contributed by atoms with E-state index in [1.807, 2.05) is 0 Å². The van der Waals surface area contributed by atoms with Crippen LogP contribution in [0.3, 0.4) is 0 Å². The van der Waals surface area contributed by atoms with Crippen LogP contribution in [0.25, 0.3) is 0 Å². The predicted octanol–water partition coefficient (Wildman–Crippen LogP) is 3.00. The SMILES string of the molecule is O=[N+]([O-])c1ccc(C(=S)N2CCN(c3ccc([N+](=O)[O-])cc3)CC2)cc1. The first kappa shape index (κ1) is 17.7. The summed E-state index contributed by atoms with van der Waals surface area (Å²) in [5.74, 6) is 0. The van der Waals surface area contributed by atoms with E-state index in [-0.39, 0.29) is 11.4 Å². The summed E-state index contributed by atoms with van der Waals surface area (Å²) >= 11 is 5.51. The van der Waals surface area contributed by atoms with Gasteiger partial charge in [-0.1, -0.05) is 12.2 Å². The van der Waals surface area contributed by atoms with E-state index < -0.39 is 9.85 Å². The van der Waals surface area contributed by atoms with Gasteiger partial charge in [-0.25, -0.2) is 0 Å². The third-order valence-corrected chi connectivity index (χ3v) is 4.81. The molecule has 1 aliphatic heterocycles. The molecule has 0 radical (unpaired) electrons. The molecule has 0 aliphatic carbocycles. The van der Waals surface area contributed by atoms with Crippen LogP contribution in [0.1, 0.15) is 5.56 Å². The molecule has 2 aromatic carbocycles. The number of nitrogens with zero attached hydrogens (tertiary/aromatic N) is 4. The molecule has 0 saturated carbocycles. The van der Waals surface area contributed by atoms with E-state index in [9.17, 15) is 20.2 Å². The first-order chi connectivity index (χ1) is 12.5. The second kappa shape index (κ2) is 7.44. The van der Waals surface area contributed by atoms with Crippen molar-refractivity contribution in [2.75, 3.05) is 31.1 Å². The number of non-ortho nitro benzene ring substituents is 2. The lowest BCUT2D eigenvalue weighted by atomic mass is 10.1. The number of nitro groups is 2. The topological polar surface area (TPSA) is 92.8 Å². The highest BCUT2D eigenvalue weighted by molar-refractivity contribution is 7.80. The monoisotopic (exact) mass is 372 g/mol. The van der Waals surface area contributed by atoms with Crippen molar-refractivity contribution in [1.29, 1.82) is 0 Å². The Morgan fingerprint density at radius 1 is 0.808 bits per heavy atom. The Balaban J connectivity index is 1.61. The zero-order valence-electron chi connectivity index (χ0n) is 13.8. The molecule has 0 bridgehead atoms. The Bertz CT molecular complexity index is 831. The number of benzene rings is 2. The van der Waals surface area contributed by atoms with E-state index in [1.54, 1.807) is 24.3 Å². The molecule has 8 nitrogen and oxygen atoms in total. The van der Waals surface area contributed by atoms with Crippen LogP contribution >= 0.6 is 12.2 Å². The lowest BCUT2D eigenvalue weighted by Crippen LogP contribution is -2.48. The Hall–Kier alpha value is -3.07. The van der Waals surface area contributed by atoms with Crippen molar-refractivity contribution in [2.24, 2.45) is 0 Å². The maximum absolute atomic E-state index is 10.7. The molecular weight excluding hydrogens is 356 g/mol. The third kappa shape index (κ3) is 3.77. The number of hydrogen-bond donors (Lipinski definition) is 0. The molecule has 0 spiro atoms. The van der Waals surface area contributed by atoms with Crippen LogP contribution in [0, 0.1) is 20.2 Å². The average Bonchev–Trinajstić information content (AvgIpc) is 2.67.